The highest BCUT2D eigenvalue weighted by Crippen LogP contribution is 2.32. The molecule has 0 saturated heterocycles. The summed E-state index contributed by atoms with van der Waals surface area (Å²) in [7, 11) is 0. The van der Waals surface area contributed by atoms with Gasteiger partial charge in [0.15, 0.2) is 0 Å². The van der Waals surface area contributed by atoms with Crippen LogP contribution in [0.5, 0.6) is 5.75 Å². The van der Waals surface area contributed by atoms with Crippen LogP contribution in [0.25, 0.3) is 0 Å². The smallest absolute Gasteiger partial charge is 0.325 e. The Labute approximate surface area is 127 Å². The Hall–Kier alpha value is -1.92. The first-order valence-electron chi connectivity index (χ1n) is 6.84. The van der Waals surface area contributed by atoms with Crippen molar-refractivity contribution in [1.29, 1.82) is 0 Å². The largest absolute Gasteiger partial charge is 0.492 e. The first-order valence-corrected chi connectivity index (χ1v) is 7.61. The molecule has 1 N–H and O–H groups in total. The highest BCUT2D eigenvalue weighted by molar-refractivity contribution is 7.05. The average Bonchev–Trinajstić information content (AvgIpc) is 2.91. The number of para-hydroxylation sites is 1. The van der Waals surface area contributed by atoms with Gasteiger partial charge >= 0.3 is 5.97 Å². The van der Waals surface area contributed by atoms with Crippen LogP contribution in [0.1, 0.15) is 16.5 Å². The number of aliphatic carboxylic acids is 1. The number of carboxylic acids is 1. The third-order valence-electron chi connectivity index (χ3n) is 3.59. The van der Waals surface area contributed by atoms with Gasteiger partial charge in [-0.05, 0) is 30.1 Å². The number of benzene rings is 1. The predicted octanol–water partition coefficient (Wildman–Crippen LogP) is 2.21. The molecule has 1 aromatic carbocycles. The Morgan fingerprint density at radius 2 is 2.29 bits per heavy atom. The van der Waals surface area contributed by atoms with Gasteiger partial charge in [0.1, 0.15) is 18.4 Å². The van der Waals surface area contributed by atoms with E-state index in [9.17, 15) is 9.90 Å². The molecule has 0 amide bonds. The molecular formula is C15H16N2O3S. The van der Waals surface area contributed by atoms with Gasteiger partial charge in [-0.25, -0.2) is 4.37 Å². The van der Waals surface area contributed by atoms with Gasteiger partial charge in [-0.3, -0.25) is 9.69 Å². The van der Waals surface area contributed by atoms with Crippen LogP contribution in [0.15, 0.2) is 36.5 Å². The normalized spacial score (nSPS) is 18.6. The number of aromatic nitrogens is 1. The van der Waals surface area contributed by atoms with E-state index < -0.39 is 12.0 Å². The van der Waals surface area contributed by atoms with E-state index >= 15 is 0 Å². The number of hydrogen-bond donors (Lipinski definition) is 1. The summed E-state index contributed by atoms with van der Waals surface area (Å²) in [6.45, 7) is 1.78. The van der Waals surface area contributed by atoms with E-state index in [-0.39, 0.29) is 0 Å². The molecule has 1 atom stereocenters. The zero-order valence-corrected chi connectivity index (χ0v) is 12.3. The lowest BCUT2D eigenvalue weighted by atomic mass is 10.0. The second-order valence-corrected chi connectivity index (χ2v) is 5.81. The summed E-state index contributed by atoms with van der Waals surface area (Å²) in [5, 5.41) is 9.63. The third-order valence-corrected chi connectivity index (χ3v) is 4.39. The van der Waals surface area contributed by atoms with E-state index in [1.165, 1.54) is 11.5 Å². The second-order valence-electron chi connectivity index (χ2n) is 4.89. The lowest BCUT2D eigenvalue weighted by Gasteiger charge is -2.26. The summed E-state index contributed by atoms with van der Waals surface area (Å²) in [5.41, 5.74) is 0.729. The number of fused-ring (bicyclic) bond motifs is 1. The molecule has 0 spiro atoms. The van der Waals surface area contributed by atoms with Crippen molar-refractivity contribution in [2.24, 2.45) is 0 Å². The lowest BCUT2D eigenvalue weighted by molar-refractivity contribution is -0.143. The zero-order valence-electron chi connectivity index (χ0n) is 11.4. The predicted molar refractivity (Wildman–Crippen MR) is 79.7 cm³/mol. The first-order chi connectivity index (χ1) is 10.3. The molecule has 1 aliphatic heterocycles. The summed E-state index contributed by atoms with van der Waals surface area (Å²) < 4.78 is 9.76. The van der Waals surface area contributed by atoms with Crippen molar-refractivity contribution in [3.63, 3.8) is 0 Å². The van der Waals surface area contributed by atoms with Crippen molar-refractivity contribution in [2.45, 2.75) is 12.5 Å². The second kappa shape index (κ2) is 6.24. The molecule has 0 radical (unpaired) electrons. The van der Waals surface area contributed by atoms with Crippen LogP contribution in [0.2, 0.25) is 0 Å². The van der Waals surface area contributed by atoms with Gasteiger partial charge in [-0.15, -0.1) is 0 Å². The standard InChI is InChI=1S/C15H16N2O3S/c18-15(19)14-12-3-1-2-4-13(12)20-10-9-17(14)8-6-11-5-7-16-21-11/h1-5,7,14H,6,8-10H2,(H,18,19). The van der Waals surface area contributed by atoms with Crippen LogP contribution in [0.3, 0.4) is 0 Å². The van der Waals surface area contributed by atoms with Gasteiger partial charge in [-0.1, -0.05) is 18.2 Å². The van der Waals surface area contributed by atoms with Crippen molar-refractivity contribution >= 4 is 17.5 Å². The molecule has 0 aliphatic carbocycles. The molecule has 110 valence electrons. The van der Waals surface area contributed by atoms with Gasteiger partial charge in [0.25, 0.3) is 0 Å². The fraction of sp³-hybridized carbons (Fsp3) is 0.333. The average molecular weight is 304 g/mol. The van der Waals surface area contributed by atoms with Crippen molar-refractivity contribution < 1.29 is 14.6 Å². The first kappa shape index (κ1) is 14.0. The minimum Gasteiger partial charge on any atom is -0.492 e. The molecule has 2 heterocycles. The van der Waals surface area contributed by atoms with Gasteiger partial charge in [-0.2, -0.15) is 0 Å². The molecule has 3 rings (SSSR count). The quantitative estimate of drug-likeness (QED) is 0.938. The third kappa shape index (κ3) is 3.06. The number of ether oxygens (including phenoxy) is 1. The Balaban J connectivity index is 1.83. The Morgan fingerprint density at radius 3 is 3.05 bits per heavy atom. The molecule has 1 unspecified atom stereocenters. The van der Waals surface area contributed by atoms with E-state index in [4.69, 9.17) is 4.74 Å². The number of carbonyl (C=O) groups is 1. The van der Waals surface area contributed by atoms with Crippen LogP contribution in [-0.4, -0.2) is 40.0 Å². The minimum absolute atomic E-state index is 0.503. The van der Waals surface area contributed by atoms with Crippen molar-refractivity contribution in [3.05, 3.63) is 47.0 Å². The maximum Gasteiger partial charge on any atom is 0.325 e. The van der Waals surface area contributed by atoms with Crippen molar-refractivity contribution in [3.8, 4) is 5.75 Å². The fourth-order valence-corrected chi connectivity index (χ4v) is 3.15. The van der Waals surface area contributed by atoms with E-state index in [1.807, 2.05) is 35.2 Å². The Kier molecular flexibility index (Phi) is 4.17. The molecule has 21 heavy (non-hydrogen) atoms. The maximum atomic E-state index is 11.7. The monoisotopic (exact) mass is 304 g/mol. The zero-order chi connectivity index (χ0) is 14.7. The van der Waals surface area contributed by atoms with Crippen LogP contribution in [0.4, 0.5) is 0 Å². The van der Waals surface area contributed by atoms with Crippen LogP contribution in [-0.2, 0) is 11.2 Å². The van der Waals surface area contributed by atoms with Crippen molar-refractivity contribution in [1.82, 2.24) is 9.27 Å². The molecule has 0 fully saturated rings. The van der Waals surface area contributed by atoms with Gasteiger partial charge in [0.2, 0.25) is 0 Å². The van der Waals surface area contributed by atoms with E-state index in [0.717, 1.165) is 16.9 Å². The van der Waals surface area contributed by atoms with Crippen LogP contribution in [0, 0.1) is 0 Å². The summed E-state index contributed by atoms with van der Waals surface area (Å²) in [4.78, 5) is 14.9. The molecular weight excluding hydrogens is 288 g/mol. The van der Waals surface area contributed by atoms with Crippen LogP contribution < -0.4 is 4.74 Å². The number of nitrogens with zero attached hydrogens (tertiary/aromatic N) is 2. The molecule has 0 saturated carbocycles. The highest BCUT2D eigenvalue weighted by atomic mass is 32.1. The number of carboxylic acid groups (broad SMARTS) is 1. The van der Waals surface area contributed by atoms with Gasteiger partial charge in [0.05, 0.1) is 0 Å². The summed E-state index contributed by atoms with van der Waals surface area (Å²) in [6, 6.07) is 8.70. The summed E-state index contributed by atoms with van der Waals surface area (Å²) in [6.07, 6.45) is 2.58. The molecule has 1 aromatic heterocycles. The number of hydrogen-bond acceptors (Lipinski definition) is 5. The SMILES string of the molecule is O=C(O)C1c2ccccc2OCCN1CCc1ccns1. The Bertz CT molecular complexity index is 615. The topological polar surface area (TPSA) is 62.7 Å². The van der Waals surface area contributed by atoms with E-state index in [2.05, 4.69) is 4.37 Å². The van der Waals surface area contributed by atoms with E-state index in [0.29, 0.717) is 25.4 Å². The van der Waals surface area contributed by atoms with E-state index in [1.54, 1.807) is 6.20 Å². The molecule has 1 aliphatic rings. The minimum atomic E-state index is -0.836. The summed E-state index contributed by atoms with van der Waals surface area (Å²) in [5.74, 6) is -0.164. The van der Waals surface area contributed by atoms with Crippen molar-refractivity contribution in [2.75, 3.05) is 19.7 Å². The fourth-order valence-electron chi connectivity index (χ4n) is 2.59. The molecule has 6 heteroatoms. The molecule has 0 bridgehead atoms. The molecule has 2 aromatic rings. The molecule has 5 nitrogen and oxygen atoms in total. The highest BCUT2D eigenvalue weighted by Gasteiger charge is 2.31. The Morgan fingerprint density at radius 1 is 1.43 bits per heavy atom. The van der Waals surface area contributed by atoms with Gasteiger partial charge < -0.3 is 9.84 Å². The summed E-state index contributed by atoms with van der Waals surface area (Å²) >= 11 is 1.46. The van der Waals surface area contributed by atoms with Gasteiger partial charge in [0, 0.05) is 29.7 Å². The maximum absolute atomic E-state index is 11.7. The lowest BCUT2D eigenvalue weighted by Crippen LogP contribution is -2.36. The van der Waals surface area contributed by atoms with Crippen LogP contribution >= 0.6 is 11.5 Å². The number of rotatable bonds is 4.